The van der Waals surface area contributed by atoms with Gasteiger partial charge in [0.15, 0.2) is 0 Å². The number of nitrogens with zero attached hydrogens (tertiary/aromatic N) is 4. The number of aromatic nitrogens is 4. The number of hydrogen-bond donors (Lipinski definition) is 1. The number of thioether (sulfide) groups is 1. The molecule has 0 aliphatic carbocycles. The monoisotopic (exact) mass is 403 g/mol. The molecule has 3 aromatic carbocycles. The molecule has 0 bridgehead atoms. The van der Waals surface area contributed by atoms with Crippen molar-refractivity contribution in [1.29, 1.82) is 0 Å². The zero-order valence-electron chi connectivity index (χ0n) is 16.5. The summed E-state index contributed by atoms with van der Waals surface area (Å²) in [6.45, 7) is 5.97. The molecule has 0 fully saturated rings. The Morgan fingerprint density at radius 1 is 1.03 bits per heavy atom. The molecule has 0 aliphatic rings. The second-order valence-corrected chi connectivity index (χ2v) is 8.23. The Hall–Kier alpha value is -3.19. The Labute approximate surface area is 173 Å². The van der Waals surface area contributed by atoms with Crippen LogP contribution in [0.4, 0.5) is 5.69 Å². The fourth-order valence-electron chi connectivity index (χ4n) is 3.05. The van der Waals surface area contributed by atoms with E-state index < -0.39 is 0 Å². The van der Waals surface area contributed by atoms with Crippen LogP contribution < -0.4 is 5.32 Å². The summed E-state index contributed by atoms with van der Waals surface area (Å²) in [5.74, 6) is -0.0963. The number of tetrazole rings is 1. The number of aryl methyl sites for hydroxylation is 2. The van der Waals surface area contributed by atoms with Gasteiger partial charge in [0.1, 0.15) is 0 Å². The average Bonchev–Trinajstić information content (AvgIpc) is 3.18. The van der Waals surface area contributed by atoms with Gasteiger partial charge >= 0.3 is 0 Å². The highest BCUT2D eigenvalue weighted by atomic mass is 32.2. The van der Waals surface area contributed by atoms with Crippen LogP contribution in [0.5, 0.6) is 0 Å². The summed E-state index contributed by atoms with van der Waals surface area (Å²) in [7, 11) is 0. The molecule has 1 aromatic heterocycles. The molecule has 146 valence electrons. The standard InChI is InChI=1S/C22H21N5OS/c1-14-11-12-18(13-15(14)2)27-22(24-25-26-27)29-16(3)21(28)23-20-10-6-8-17-7-4-5-9-19(17)20/h4-13,16H,1-3H3,(H,23,28)/t16-/m1/s1. The third kappa shape index (κ3) is 4.00. The van der Waals surface area contributed by atoms with Gasteiger partial charge in [-0.3, -0.25) is 4.79 Å². The van der Waals surface area contributed by atoms with Crippen molar-refractivity contribution in [2.24, 2.45) is 0 Å². The third-order valence-electron chi connectivity index (χ3n) is 4.87. The van der Waals surface area contributed by atoms with Gasteiger partial charge in [-0.15, -0.1) is 5.10 Å². The minimum atomic E-state index is -0.370. The van der Waals surface area contributed by atoms with E-state index in [0.29, 0.717) is 5.16 Å². The summed E-state index contributed by atoms with van der Waals surface area (Å²) in [4.78, 5) is 12.8. The maximum atomic E-state index is 12.8. The molecule has 0 saturated carbocycles. The van der Waals surface area contributed by atoms with E-state index in [4.69, 9.17) is 0 Å². The molecule has 0 saturated heterocycles. The van der Waals surface area contributed by atoms with Crippen molar-refractivity contribution < 1.29 is 4.79 Å². The second kappa shape index (κ2) is 8.05. The summed E-state index contributed by atoms with van der Waals surface area (Å²) in [6.07, 6.45) is 0. The van der Waals surface area contributed by atoms with Crippen molar-refractivity contribution in [2.75, 3.05) is 5.32 Å². The van der Waals surface area contributed by atoms with E-state index in [0.717, 1.165) is 27.7 Å². The Bertz CT molecular complexity index is 1180. The van der Waals surface area contributed by atoms with Crippen molar-refractivity contribution in [3.8, 4) is 5.69 Å². The smallest absolute Gasteiger partial charge is 0.237 e. The first-order chi connectivity index (χ1) is 14.0. The first-order valence-electron chi connectivity index (χ1n) is 9.34. The molecule has 0 spiro atoms. The van der Waals surface area contributed by atoms with E-state index in [-0.39, 0.29) is 11.2 Å². The lowest BCUT2D eigenvalue weighted by Crippen LogP contribution is -2.23. The lowest BCUT2D eigenvalue weighted by atomic mass is 10.1. The predicted octanol–water partition coefficient (Wildman–Crippen LogP) is 4.55. The molecule has 6 nitrogen and oxygen atoms in total. The van der Waals surface area contributed by atoms with Crippen LogP contribution in [0.25, 0.3) is 16.5 Å². The van der Waals surface area contributed by atoms with E-state index in [1.165, 1.54) is 17.3 Å². The van der Waals surface area contributed by atoms with Crippen LogP contribution in [0.2, 0.25) is 0 Å². The number of hydrogen-bond acceptors (Lipinski definition) is 5. The minimum absolute atomic E-state index is 0.0963. The van der Waals surface area contributed by atoms with E-state index >= 15 is 0 Å². The molecule has 0 radical (unpaired) electrons. The van der Waals surface area contributed by atoms with Gasteiger partial charge in [-0.25, -0.2) is 0 Å². The molecular weight excluding hydrogens is 382 g/mol. The Morgan fingerprint density at radius 3 is 2.66 bits per heavy atom. The molecule has 1 N–H and O–H groups in total. The molecule has 1 heterocycles. The number of amides is 1. The van der Waals surface area contributed by atoms with Crippen LogP contribution >= 0.6 is 11.8 Å². The molecule has 0 unspecified atom stereocenters. The maximum Gasteiger partial charge on any atom is 0.237 e. The summed E-state index contributed by atoms with van der Waals surface area (Å²) in [5, 5.41) is 17.3. The molecule has 4 aromatic rings. The van der Waals surface area contributed by atoms with Crippen molar-refractivity contribution in [3.63, 3.8) is 0 Å². The number of rotatable bonds is 5. The lowest BCUT2D eigenvalue weighted by Gasteiger charge is -2.13. The fourth-order valence-corrected chi connectivity index (χ4v) is 3.86. The van der Waals surface area contributed by atoms with Crippen LogP contribution in [-0.2, 0) is 4.79 Å². The van der Waals surface area contributed by atoms with Crippen LogP contribution in [0.3, 0.4) is 0 Å². The number of benzene rings is 3. The lowest BCUT2D eigenvalue weighted by molar-refractivity contribution is -0.115. The quantitative estimate of drug-likeness (QED) is 0.495. The van der Waals surface area contributed by atoms with Crippen molar-refractivity contribution in [1.82, 2.24) is 20.2 Å². The summed E-state index contributed by atoms with van der Waals surface area (Å²) < 4.78 is 1.67. The second-order valence-electron chi connectivity index (χ2n) is 6.92. The van der Waals surface area contributed by atoms with E-state index in [1.807, 2.05) is 67.6 Å². The number of anilines is 1. The van der Waals surface area contributed by atoms with Gasteiger partial charge < -0.3 is 5.32 Å². The highest BCUT2D eigenvalue weighted by Gasteiger charge is 2.20. The van der Waals surface area contributed by atoms with E-state index in [1.54, 1.807) is 4.68 Å². The van der Waals surface area contributed by atoms with Crippen LogP contribution in [0.1, 0.15) is 18.1 Å². The summed E-state index contributed by atoms with van der Waals surface area (Å²) in [5.41, 5.74) is 4.05. The van der Waals surface area contributed by atoms with Crippen molar-refractivity contribution in [2.45, 2.75) is 31.2 Å². The summed E-state index contributed by atoms with van der Waals surface area (Å²) in [6, 6.07) is 19.9. The van der Waals surface area contributed by atoms with E-state index in [9.17, 15) is 4.79 Å². The van der Waals surface area contributed by atoms with Gasteiger partial charge in [0.05, 0.1) is 10.9 Å². The average molecular weight is 404 g/mol. The zero-order chi connectivity index (χ0) is 20.4. The van der Waals surface area contributed by atoms with Crippen LogP contribution in [0.15, 0.2) is 65.8 Å². The first kappa shape index (κ1) is 19.1. The molecule has 1 amide bonds. The zero-order valence-corrected chi connectivity index (χ0v) is 17.3. The predicted molar refractivity (Wildman–Crippen MR) is 117 cm³/mol. The Balaban J connectivity index is 1.52. The number of carbonyl (C=O) groups excluding carboxylic acids is 1. The first-order valence-corrected chi connectivity index (χ1v) is 10.2. The number of nitrogens with one attached hydrogen (secondary N) is 1. The largest absolute Gasteiger partial charge is 0.325 e. The fraction of sp³-hybridized carbons (Fsp3) is 0.182. The van der Waals surface area contributed by atoms with Crippen LogP contribution in [-0.4, -0.2) is 31.4 Å². The van der Waals surface area contributed by atoms with Gasteiger partial charge in [0.25, 0.3) is 0 Å². The molecular formula is C22H21N5OS. The third-order valence-corrected chi connectivity index (χ3v) is 5.91. The summed E-state index contributed by atoms with van der Waals surface area (Å²) >= 11 is 1.33. The molecule has 7 heteroatoms. The van der Waals surface area contributed by atoms with Gasteiger partial charge in [0, 0.05) is 11.1 Å². The van der Waals surface area contributed by atoms with E-state index in [2.05, 4.69) is 34.7 Å². The highest BCUT2D eigenvalue weighted by molar-refractivity contribution is 8.00. The SMILES string of the molecule is Cc1ccc(-n2nnnc2S[C@H](C)C(=O)Nc2cccc3ccccc23)cc1C. The normalized spacial score (nSPS) is 12.1. The van der Waals surface area contributed by atoms with Crippen LogP contribution in [0, 0.1) is 13.8 Å². The number of fused-ring (bicyclic) bond motifs is 1. The Morgan fingerprint density at radius 2 is 1.83 bits per heavy atom. The Kier molecular flexibility index (Phi) is 5.31. The highest BCUT2D eigenvalue weighted by Crippen LogP contribution is 2.27. The minimum Gasteiger partial charge on any atom is -0.325 e. The molecule has 4 rings (SSSR count). The van der Waals surface area contributed by atoms with Gasteiger partial charge in [0.2, 0.25) is 11.1 Å². The maximum absolute atomic E-state index is 12.8. The molecule has 1 atom stereocenters. The van der Waals surface area contributed by atoms with Crippen molar-refractivity contribution >= 4 is 34.1 Å². The van der Waals surface area contributed by atoms with Gasteiger partial charge in [-0.2, -0.15) is 4.68 Å². The van der Waals surface area contributed by atoms with Crippen molar-refractivity contribution in [3.05, 3.63) is 71.8 Å². The molecule has 29 heavy (non-hydrogen) atoms. The number of carbonyl (C=O) groups is 1. The van der Waals surface area contributed by atoms with Gasteiger partial charge in [-0.05, 0) is 65.9 Å². The molecule has 0 aliphatic heterocycles. The topological polar surface area (TPSA) is 72.7 Å². The van der Waals surface area contributed by atoms with Gasteiger partial charge in [-0.1, -0.05) is 54.2 Å².